The Kier molecular flexibility index (Phi) is 5.66. The molecule has 0 fully saturated rings. The lowest BCUT2D eigenvalue weighted by molar-refractivity contribution is 0.312. The highest BCUT2D eigenvalue weighted by atomic mass is 79.9. The van der Waals surface area contributed by atoms with Gasteiger partial charge in [0.15, 0.2) is 5.13 Å². The second-order valence-corrected chi connectivity index (χ2v) is 6.58. The summed E-state index contributed by atoms with van der Waals surface area (Å²) >= 11 is 8.65. The number of aromatic nitrogens is 1. The minimum atomic E-state index is 0.685. The molecular formula is C13H14Br2N2OS. The molecule has 0 amide bonds. The van der Waals surface area contributed by atoms with Gasteiger partial charge >= 0.3 is 0 Å². The van der Waals surface area contributed by atoms with Crippen LogP contribution in [0.2, 0.25) is 0 Å². The van der Waals surface area contributed by atoms with Gasteiger partial charge in [-0.05, 0) is 34.5 Å². The molecule has 6 heteroatoms. The molecule has 2 rings (SSSR count). The second-order valence-electron chi connectivity index (χ2n) is 3.92. The van der Waals surface area contributed by atoms with Crippen LogP contribution in [0.4, 0.5) is 5.13 Å². The van der Waals surface area contributed by atoms with Crippen molar-refractivity contribution in [3.05, 3.63) is 38.2 Å². The number of halogens is 2. The zero-order valence-electron chi connectivity index (χ0n) is 10.5. The molecule has 102 valence electrons. The van der Waals surface area contributed by atoms with E-state index in [1.807, 2.05) is 11.4 Å². The summed E-state index contributed by atoms with van der Waals surface area (Å²) in [5.74, 6) is 0.897. The summed E-state index contributed by atoms with van der Waals surface area (Å²) in [6.07, 6.45) is 2.78. The van der Waals surface area contributed by atoms with Crippen LogP contribution in [0.5, 0.6) is 5.75 Å². The molecule has 1 aromatic carbocycles. The predicted octanol–water partition coefficient (Wildman–Crippen LogP) is 5.07. The highest BCUT2D eigenvalue weighted by Crippen LogP contribution is 2.33. The topological polar surface area (TPSA) is 34.1 Å². The number of nitrogens with zero attached hydrogens (tertiary/aromatic N) is 1. The molecule has 1 N–H and O–H groups in total. The minimum absolute atomic E-state index is 0.685. The van der Waals surface area contributed by atoms with Crippen LogP contribution in [0.15, 0.2) is 32.7 Å². The van der Waals surface area contributed by atoms with Crippen molar-refractivity contribution in [3.8, 4) is 5.75 Å². The zero-order valence-corrected chi connectivity index (χ0v) is 14.4. The van der Waals surface area contributed by atoms with Gasteiger partial charge in [-0.1, -0.05) is 22.9 Å². The number of hydrogen-bond acceptors (Lipinski definition) is 4. The molecule has 0 atom stereocenters. The molecule has 0 spiro atoms. The van der Waals surface area contributed by atoms with Gasteiger partial charge in [0.05, 0.1) is 11.1 Å². The van der Waals surface area contributed by atoms with Crippen LogP contribution < -0.4 is 10.1 Å². The molecule has 0 aliphatic rings. The molecule has 0 bridgehead atoms. The van der Waals surface area contributed by atoms with E-state index in [9.17, 15) is 0 Å². The van der Waals surface area contributed by atoms with Crippen LogP contribution in [0.25, 0.3) is 0 Å². The van der Waals surface area contributed by atoms with Crippen molar-refractivity contribution in [2.45, 2.75) is 19.9 Å². The van der Waals surface area contributed by atoms with Gasteiger partial charge < -0.3 is 10.1 Å². The molecule has 0 aliphatic heterocycles. The van der Waals surface area contributed by atoms with Crippen molar-refractivity contribution in [2.24, 2.45) is 0 Å². The first-order chi connectivity index (χ1) is 9.20. The largest absolute Gasteiger partial charge is 0.492 e. The average Bonchev–Trinajstić information content (AvgIpc) is 2.88. The van der Waals surface area contributed by atoms with Gasteiger partial charge in [0.25, 0.3) is 0 Å². The van der Waals surface area contributed by atoms with E-state index in [4.69, 9.17) is 4.74 Å². The molecule has 1 aromatic heterocycles. The van der Waals surface area contributed by atoms with Crippen LogP contribution in [0.1, 0.15) is 18.9 Å². The average molecular weight is 406 g/mol. The predicted molar refractivity (Wildman–Crippen MR) is 87.1 cm³/mol. The quantitative estimate of drug-likeness (QED) is 0.728. The first-order valence-corrected chi connectivity index (χ1v) is 8.41. The van der Waals surface area contributed by atoms with Crippen molar-refractivity contribution in [2.75, 3.05) is 11.9 Å². The van der Waals surface area contributed by atoms with Gasteiger partial charge in [-0.25, -0.2) is 4.98 Å². The van der Waals surface area contributed by atoms with E-state index in [1.165, 1.54) is 0 Å². The van der Waals surface area contributed by atoms with Crippen molar-refractivity contribution >= 4 is 48.3 Å². The number of nitrogens with one attached hydrogen (secondary N) is 1. The standard InChI is InChI=1S/C13H14Br2N2OS/c1-2-4-18-12-9(6-10(14)7-11(12)15)8-17-13-16-3-5-19-13/h3,5-7H,2,4,8H2,1H3,(H,16,17). The Labute approximate surface area is 133 Å². The Bertz CT molecular complexity index is 532. The van der Waals surface area contributed by atoms with Crippen LogP contribution in [-0.2, 0) is 6.54 Å². The van der Waals surface area contributed by atoms with E-state index in [-0.39, 0.29) is 0 Å². The first kappa shape index (κ1) is 14.8. The first-order valence-electron chi connectivity index (χ1n) is 5.94. The Balaban J connectivity index is 2.16. The normalized spacial score (nSPS) is 10.5. The number of benzene rings is 1. The SMILES string of the molecule is CCCOc1c(Br)cc(Br)cc1CNc1nccs1. The minimum Gasteiger partial charge on any atom is -0.492 e. The zero-order chi connectivity index (χ0) is 13.7. The number of hydrogen-bond donors (Lipinski definition) is 1. The molecule has 0 unspecified atom stereocenters. The molecule has 2 aromatic rings. The highest BCUT2D eigenvalue weighted by molar-refractivity contribution is 9.11. The van der Waals surface area contributed by atoms with Crippen molar-refractivity contribution in [3.63, 3.8) is 0 Å². The lowest BCUT2D eigenvalue weighted by atomic mass is 10.2. The van der Waals surface area contributed by atoms with E-state index in [2.05, 4.69) is 55.2 Å². The van der Waals surface area contributed by atoms with Gasteiger partial charge in [0, 0.05) is 28.2 Å². The summed E-state index contributed by atoms with van der Waals surface area (Å²) in [5.41, 5.74) is 1.10. The monoisotopic (exact) mass is 404 g/mol. The number of ether oxygens (including phenoxy) is 1. The third-order valence-corrected chi connectivity index (χ3v) is 4.18. The van der Waals surface area contributed by atoms with Crippen molar-refractivity contribution in [1.82, 2.24) is 4.98 Å². The number of anilines is 1. The Morgan fingerprint density at radius 3 is 2.89 bits per heavy atom. The van der Waals surface area contributed by atoms with Gasteiger partial charge in [0.2, 0.25) is 0 Å². The van der Waals surface area contributed by atoms with Crippen LogP contribution in [0, 0.1) is 0 Å². The Hall–Kier alpha value is -0.590. The molecule has 1 heterocycles. The Morgan fingerprint density at radius 1 is 1.37 bits per heavy atom. The van der Waals surface area contributed by atoms with Crippen LogP contribution >= 0.6 is 43.2 Å². The molecule has 0 saturated heterocycles. The van der Waals surface area contributed by atoms with Gasteiger partial charge in [0.1, 0.15) is 5.75 Å². The third-order valence-electron chi connectivity index (χ3n) is 2.40. The third kappa shape index (κ3) is 4.19. The molecule has 0 aliphatic carbocycles. The fraction of sp³-hybridized carbons (Fsp3) is 0.308. The lowest BCUT2D eigenvalue weighted by Crippen LogP contribution is -2.04. The summed E-state index contributed by atoms with van der Waals surface area (Å²) in [6.45, 7) is 3.50. The molecule has 19 heavy (non-hydrogen) atoms. The van der Waals surface area contributed by atoms with Crippen LogP contribution in [0.3, 0.4) is 0 Å². The summed E-state index contributed by atoms with van der Waals surface area (Å²) in [7, 11) is 0. The van der Waals surface area contributed by atoms with Gasteiger partial charge in [-0.2, -0.15) is 0 Å². The van der Waals surface area contributed by atoms with E-state index < -0.39 is 0 Å². The second kappa shape index (κ2) is 7.26. The molecule has 0 radical (unpaired) electrons. The summed E-state index contributed by atoms with van der Waals surface area (Å²) in [4.78, 5) is 4.21. The maximum Gasteiger partial charge on any atom is 0.182 e. The number of rotatable bonds is 6. The summed E-state index contributed by atoms with van der Waals surface area (Å²) in [5, 5.41) is 6.16. The van der Waals surface area contributed by atoms with E-state index in [0.717, 1.165) is 31.8 Å². The molecule has 3 nitrogen and oxygen atoms in total. The fourth-order valence-corrected chi connectivity index (χ4v) is 3.55. The van der Waals surface area contributed by atoms with E-state index in [0.29, 0.717) is 13.2 Å². The maximum atomic E-state index is 5.82. The van der Waals surface area contributed by atoms with Crippen LogP contribution in [-0.4, -0.2) is 11.6 Å². The van der Waals surface area contributed by atoms with Crippen molar-refractivity contribution in [1.29, 1.82) is 0 Å². The lowest BCUT2D eigenvalue weighted by Gasteiger charge is -2.14. The Morgan fingerprint density at radius 2 is 2.21 bits per heavy atom. The number of thiazole rings is 1. The maximum absolute atomic E-state index is 5.82. The van der Waals surface area contributed by atoms with E-state index >= 15 is 0 Å². The van der Waals surface area contributed by atoms with Crippen molar-refractivity contribution < 1.29 is 4.74 Å². The fourth-order valence-electron chi connectivity index (χ4n) is 1.59. The summed E-state index contributed by atoms with van der Waals surface area (Å²) < 4.78 is 7.81. The highest BCUT2D eigenvalue weighted by Gasteiger charge is 2.10. The van der Waals surface area contributed by atoms with E-state index in [1.54, 1.807) is 17.5 Å². The van der Waals surface area contributed by atoms with Gasteiger partial charge in [-0.3, -0.25) is 0 Å². The molecule has 0 saturated carbocycles. The van der Waals surface area contributed by atoms with Gasteiger partial charge in [-0.15, -0.1) is 11.3 Å². The summed E-state index contributed by atoms with van der Waals surface area (Å²) in [6, 6.07) is 4.06. The molecular weight excluding hydrogens is 392 g/mol. The smallest absolute Gasteiger partial charge is 0.182 e.